The molecule has 8 heteroatoms. The number of para-hydroxylation sites is 1. The Hall–Kier alpha value is -3.52. The molecule has 0 spiro atoms. The predicted octanol–water partition coefficient (Wildman–Crippen LogP) is 3.78. The van der Waals surface area contributed by atoms with Crippen molar-refractivity contribution in [3.05, 3.63) is 84.4 Å². The van der Waals surface area contributed by atoms with E-state index in [0.29, 0.717) is 36.5 Å². The van der Waals surface area contributed by atoms with Crippen molar-refractivity contribution in [3.63, 3.8) is 0 Å². The first-order valence-electron chi connectivity index (χ1n) is 9.87. The van der Waals surface area contributed by atoms with E-state index in [4.69, 9.17) is 4.74 Å². The van der Waals surface area contributed by atoms with Crippen LogP contribution in [0.15, 0.2) is 83.1 Å². The number of ketones is 1. The standard InChI is InChI=1S/C23H21N3O4S/c1-2-30-21-5-3-4-6-22(21)31(28,29)19-10-7-17(8-11-19)9-12-20(27)18-15-25-23-24-13-14-26(23)16-18/h3-8,10-11,13-16H,2,9,12H2,1H3. The second kappa shape index (κ2) is 8.69. The lowest BCUT2D eigenvalue weighted by molar-refractivity contribution is 0.0982. The van der Waals surface area contributed by atoms with Gasteiger partial charge in [0.1, 0.15) is 10.6 Å². The molecule has 0 saturated carbocycles. The number of sulfone groups is 1. The highest BCUT2D eigenvalue weighted by Gasteiger charge is 2.22. The number of hydrogen-bond acceptors (Lipinski definition) is 6. The van der Waals surface area contributed by atoms with Crippen molar-refractivity contribution in [2.75, 3.05) is 6.61 Å². The van der Waals surface area contributed by atoms with Crippen molar-refractivity contribution in [2.24, 2.45) is 0 Å². The summed E-state index contributed by atoms with van der Waals surface area (Å²) in [5.41, 5.74) is 1.39. The van der Waals surface area contributed by atoms with Crippen LogP contribution in [-0.2, 0) is 16.3 Å². The van der Waals surface area contributed by atoms with Crippen LogP contribution in [0.5, 0.6) is 5.75 Å². The number of fused-ring (bicyclic) bond motifs is 1. The maximum absolute atomic E-state index is 13.0. The average Bonchev–Trinajstić information content (AvgIpc) is 3.26. The van der Waals surface area contributed by atoms with E-state index in [-0.39, 0.29) is 15.6 Å². The molecule has 2 aromatic heterocycles. The van der Waals surface area contributed by atoms with Gasteiger partial charge in [-0.3, -0.25) is 9.20 Å². The van der Waals surface area contributed by atoms with Crippen molar-refractivity contribution >= 4 is 21.4 Å². The Morgan fingerprint density at radius 3 is 2.61 bits per heavy atom. The number of rotatable bonds is 8. The monoisotopic (exact) mass is 435 g/mol. The van der Waals surface area contributed by atoms with Crippen molar-refractivity contribution in [3.8, 4) is 5.75 Å². The van der Waals surface area contributed by atoms with Gasteiger partial charge in [-0.05, 0) is 43.2 Å². The fourth-order valence-electron chi connectivity index (χ4n) is 3.27. The van der Waals surface area contributed by atoms with E-state index in [1.807, 2.05) is 6.92 Å². The van der Waals surface area contributed by atoms with Crippen LogP contribution in [0.4, 0.5) is 0 Å². The minimum absolute atomic E-state index is 0.0366. The molecule has 0 atom stereocenters. The van der Waals surface area contributed by atoms with Crippen LogP contribution < -0.4 is 4.74 Å². The predicted molar refractivity (Wildman–Crippen MR) is 115 cm³/mol. The first kappa shape index (κ1) is 20.7. The summed E-state index contributed by atoms with van der Waals surface area (Å²) >= 11 is 0. The fraction of sp³-hybridized carbons (Fsp3) is 0.174. The summed E-state index contributed by atoms with van der Waals surface area (Å²) in [6.07, 6.45) is 7.39. The summed E-state index contributed by atoms with van der Waals surface area (Å²) in [4.78, 5) is 21.1. The van der Waals surface area contributed by atoms with Gasteiger partial charge in [-0.1, -0.05) is 24.3 Å². The number of aromatic nitrogens is 3. The number of hydrogen-bond donors (Lipinski definition) is 0. The highest BCUT2D eigenvalue weighted by Crippen LogP contribution is 2.29. The molecule has 0 unspecified atom stereocenters. The minimum atomic E-state index is -3.71. The second-order valence-corrected chi connectivity index (χ2v) is 8.85. The fourth-order valence-corrected chi connectivity index (χ4v) is 4.67. The van der Waals surface area contributed by atoms with Gasteiger partial charge in [0.25, 0.3) is 0 Å². The molecule has 2 aromatic carbocycles. The molecule has 7 nitrogen and oxygen atoms in total. The number of benzene rings is 2. The summed E-state index contributed by atoms with van der Waals surface area (Å²) in [6.45, 7) is 2.19. The maximum Gasteiger partial charge on any atom is 0.233 e. The lowest BCUT2D eigenvalue weighted by Crippen LogP contribution is -2.06. The molecular weight excluding hydrogens is 414 g/mol. The normalized spacial score (nSPS) is 11.5. The van der Waals surface area contributed by atoms with E-state index in [9.17, 15) is 13.2 Å². The molecule has 0 aliphatic carbocycles. The number of ether oxygens (including phenoxy) is 1. The highest BCUT2D eigenvalue weighted by molar-refractivity contribution is 7.91. The molecule has 0 fully saturated rings. The summed E-state index contributed by atoms with van der Waals surface area (Å²) in [5.74, 6) is 0.841. The van der Waals surface area contributed by atoms with Gasteiger partial charge in [0.2, 0.25) is 15.6 Å². The Balaban J connectivity index is 1.47. The van der Waals surface area contributed by atoms with E-state index in [0.717, 1.165) is 5.56 Å². The van der Waals surface area contributed by atoms with Crippen molar-refractivity contribution in [2.45, 2.75) is 29.6 Å². The van der Waals surface area contributed by atoms with Gasteiger partial charge in [0, 0.05) is 31.2 Å². The number of nitrogens with zero attached hydrogens (tertiary/aromatic N) is 3. The lowest BCUT2D eigenvalue weighted by atomic mass is 10.0. The molecule has 0 saturated heterocycles. The number of carbonyl (C=O) groups is 1. The van der Waals surface area contributed by atoms with Gasteiger partial charge in [-0.2, -0.15) is 0 Å². The third-order valence-corrected chi connectivity index (χ3v) is 6.69. The van der Waals surface area contributed by atoms with Gasteiger partial charge in [0.05, 0.1) is 17.1 Å². The van der Waals surface area contributed by atoms with Gasteiger partial charge < -0.3 is 4.74 Å². The van der Waals surface area contributed by atoms with Gasteiger partial charge in [0.15, 0.2) is 5.78 Å². The van der Waals surface area contributed by atoms with Crippen molar-refractivity contribution < 1.29 is 17.9 Å². The summed E-state index contributed by atoms with van der Waals surface area (Å²) in [6, 6.07) is 13.2. The van der Waals surface area contributed by atoms with Crippen LogP contribution in [0.1, 0.15) is 29.3 Å². The summed E-state index contributed by atoms with van der Waals surface area (Å²) < 4.78 is 33.2. The molecule has 0 aliphatic heterocycles. The van der Waals surface area contributed by atoms with Crippen LogP contribution >= 0.6 is 0 Å². The minimum Gasteiger partial charge on any atom is -0.493 e. The molecule has 0 bridgehead atoms. The quantitative estimate of drug-likeness (QED) is 0.391. The molecule has 31 heavy (non-hydrogen) atoms. The first-order valence-corrected chi connectivity index (χ1v) is 11.3. The Bertz CT molecular complexity index is 1330. The van der Waals surface area contributed by atoms with Crippen LogP contribution in [0.2, 0.25) is 0 Å². The summed E-state index contributed by atoms with van der Waals surface area (Å²) in [7, 11) is -3.71. The van der Waals surface area contributed by atoms with E-state index >= 15 is 0 Å². The zero-order valence-electron chi connectivity index (χ0n) is 16.9. The zero-order valence-corrected chi connectivity index (χ0v) is 17.7. The molecule has 0 aliphatic rings. The number of carbonyl (C=O) groups excluding carboxylic acids is 1. The molecule has 4 rings (SSSR count). The van der Waals surface area contributed by atoms with E-state index in [2.05, 4.69) is 9.97 Å². The highest BCUT2D eigenvalue weighted by atomic mass is 32.2. The van der Waals surface area contributed by atoms with Gasteiger partial charge in [-0.25, -0.2) is 18.4 Å². The summed E-state index contributed by atoms with van der Waals surface area (Å²) in [5, 5.41) is 0. The van der Waals surface area contributed by atoms with Crippen LogP contribution in [-0.4, -0.2) is 35.2 Å². The molecular formula is C23H21N3O4S. The molecule has 2 heterocycles. The van der Waals surface area contributed by atoms with Crippen molar-refractivity contribution in [1.82, 2.24) is 14.4 Å². The van der Waals surface area contributed by atoms with Crippen LogP contribution in [0.25, 0.3) is 5.78 Å². The second-order valence-electron chi connectivity index (χ2n) is 6.93. The largest absolute Gasteiger partial charge is 0.493 e. The Morgan fingerprint density at radius 1 is 1.06 bits per heavy atom. The lowest BCUT2D eigenvalue weighted by Gasteiger charge is -2.11. The topological polar surface area (TPSA) is 90.6 Å². The molecule has 0 amide bonds. The van der Waals surface area contributed by atoms with E-state index in [1.54, 1.807) is 65.5 Å². The molecule has 158 valence electrons. The van der Waals surface area contributed by atoms with Gasteiger partial charge >= 0.3 is 0 Å². The third-order valence-electron chi connectivity index (χ3n) is 4.88. The van der Waals surface area contributed by atoms with Crippen molar-refractivity contribution in [1.29, 1.82) is 0 Å². The third kappa shape index (κ3) is 4.34. The molecule has 0 radical (unpaired) electrons. The number of imidazole rings is 1. The van der Waals surface area contributed by atoms with Crippen LogP contribution in [0, 0.1) is 0 Å². The Kier molecular flexibility index (Phi) is 5.81. The first-order chi connectivity index (χ1) is 15.0. The Morgan fingerprint density at radius 2 is 1.84 bits per heavy atom. The maximum atomic E-state index is 13.0. The number of aryl methyl sites for hydroxylation is 1. The zero-order chi connectivity index (χ0) is 21.8. The SMILES string of the molecule is CCOc1ccccc1S(=O)(=O)c1ccc(CCC(=O)c2cnc3nccn3c2)cc1. The van der Waals surface area contributed by atoms with Crippen LogP contribution in [0.3, 0.4) is 0 Å². The van der Waals surface area contributed by atoms with E-state index < -0.39 is 9.84 Å². The van der Waals surface area contributed by atoms with Gasteiger partial charge in [-0.15, -0.1) is 0 Å². The Labute approximate surface area is 180 Å². The average molecular weight is 436 g/mol. The number of Topliss-reactive ketones (excluding diaryl/α,β-unsaturated/α-hetero) is 1. The molecule has 4 aromatic rings. The molecule has 0 N–H and O–H groups in total. The van der Waals surface area contributed by atoms with E-state index in [1.165, 1.54) is 12.3 Å². The smallest absolute Gasteiger partial charge is 0.233 e.